The van der Waals surface area contributed by atoms with Gasteiger partial charge in [-0.05, 0) is 69.5 Å². The molecule has 5 rings (SSSR count). The summed E-state index contributed by atoms with van der Waals surface area (Å²) in [5, 5.41) is 0. The third-order valence-corrected chi connectivity index (χ3v) is 6.92. The van der Waals surface area contributed by atoms with E-state index in [2.05, 4.69) is 9.88 Å². The van der Waals surface area contributed by atoms with E-state index in [0.29, 0.717) is 49.8 Å². The first-order valence-electron chi connectivity index (χ1n) is 11.2. The lowest BCUT2D eigenvalue weighted by Gasteiger charge is -2.32. The Labute approximate surface area is 180 Å². The second kappa shape index (κ2) is 8.11. The molecule has 162 valence electrons. The van der Waals surface area contributed by atoms with Crippen molar-refractivity contribution in [3.8, 4) is 0 Å². The molecule has 0 N–H and O–H groups in total. The SMILES string of the molecule is Cc1nc2n(c(=O)c1CCN1CCC(C3=NCc4cc(F)ccc43)CC1)CCCC2=O. The van der Waals surface area contributed by atoms with E-state index in [0.717, 1.165) is 54.9 Å². The zero-order chi connectivity index (χ0) is 21.5. The van der Waals surface area contributed by atoms with Crippen molar-refractivity contribution < 1.29 is 9.18 Å². The highest BCUT2D eigenvalue weighted by Gasteiger charge is 2.28. The molecular formula is C24H27FN4O2. The molecule has 7 heteroatoms. The van der Waals surface area contributed by atoms with Crippen LogP contribution < -0.4 is 5.56 Å². The zero-order valence-corrected chi connectivity index (χ0v) is 17.9. The smallest absolute Gasteiger partial charge is 0.257 e. The number of aromatic nitrogens is 2. The molecule has 0 radical (unpaired) electrons. The summed E-state index contributed by atoms with van der Waals surface area (Å²) in [5.41, 5.74) is 4.61. The van der Waals surface area contributed by atoms with E-state index >= 15 is 0 Å². The molecule has 0 saturated carbocycles. The summed E-state index contributed by atoms with van der Waals surface area (Å²) in [4.78, 5) is 36.6. The summed E-state index contributed by atoms with van der Waals surface area (Å²) in [6.45, 7) is 5.73. The number of hydrogen-bond acceptors (Lipinski definition) is 5. The number of piperidine rings is 1. The molecular weight excluding hydrogens is 395 g/mol. The summed E-state index contributed by atoms with van der Waals surface area (Å²) in [6.07, 6.45) is 3.88. The number of Topliss-reactive ketones (excluding diaryl/α,β-unsaturated/α-hetero) is 1. The number of rotatable bonds is 4. The summed E-state index contributed by atoms with van der Waals surface area (Å²) in [7, 11) is 0. The largest absolute Gasteiger partial charge is 0.303 e. The Kier molecular flexibility index (Phi) is 5.30. The van der Waals surface area contributed by atoms with E-state index in [1.165, 1.54) is 6.07 Å². The molecule has 1 fully saturated rings. The quantitative estimate of drug-likeness (QED) is 0.760. The topological polar surface area (TPSA) is 67.6 Å². The molecule has 2 aromatic rings. The zero-order valence-electron chi connectivity index (χ0n) is 17.9. The molecule has 0 unspecified atom stereocenters. The van der Waals surface area contributed by atoms with Crippen LogP contribution in [0.1, 0.15) is 58.7 Å². The van der Waals surface area contributed by atoms with Crippen LogP contribution in [-0.4, -0.2) is 45.6 Å². The normalized spacial score (nSPS) is 19.3. The molecule has 0 spiro atoms. The van der Waals surface area contributed by atoms with Crippen LogP contribution in [0, 0.1) is 18.7 Å². The van der Waals surface area contributed by atoms with Crippen LogP contribution in [0.5, 0.6) is 0 Å². The number of halogens is 1. The molecule has 31 heavy (non-hydrogen) atoms. The predicted molar refractivity (Wildman–Crippen MR) is 116 cm³/mol. The van der Waals surface area contributed by atoms with Crippen LogP contribution in [-0.2, 0) is 19.5 Å². The molecule has 0 atom stereocenters. The molecule has 0 aliphatic carbocycles. The maximum absolute atomic E-state index is 13.5. The second-order valence-electron chi connectivity index (χ2n) is 8.85. The van der Waals surface area contributed by atoms with Gasteiger partial charge in [0.25, 0.3) is 5.56 Å². The number of aliphatic imine (C=N–C) groups is 1. The standard InChI is InChI=1S/C24H27FN4O2/c1-15-19(24(31)29-9-2-3-21(30)23(29)27-15)8-12-28-10-6-16(7-11-28)22-20-5-4-18(25)13-17(20)14-26-22/h4-5,13,16H,2-3,6-12,14H2,1H3. The van der Waals surface area contributed by atoms with E-state index in [1.54, 1.807) is 10.6 Å². The Morgan fingerprint density at radius 1 is 1.16 bits per heavy atom. The molecule has 0 bridgehead atoms. The maximum Gasteiger partial charge on any atom is 0.257 e. The number of hydrogen-bond donors (Lipinski definition) is 0. The van der Waals surface area contributed by atoms with Gasteiger partial charge in [0.05, 0.1) is 6.54 Å². The maximum atomic E-state index is 13.5. The summed E-state index contributed by atoms with van der Waals surface area (Å²) >= 11 is 0. The summed E-state index contributed by atoms with van der Waals surface area (Å²) in [6, 6.07) is 4.99. The second-order valence-corrected chi connectivity index (χ2v) is 8.85. The van der Waals surface area contributed by atoms with Crippen molar-refractivity contribution in [2.45, 2.75) is 52.1 Å². The van der Waals surface area contributed by atoms with Crippen molar-refractivity contribution in [3.63, 3.8) is 0 Å². The Morgan fingerprint density at radius 3 is 2.77 bits per heavy atom. The van der Waals surface area contributed by atoms with Crippen LogP contribution in [0.2, 0.25) is 0 Å². The van der Waals surface area contributed by atoms with Gasteiger partial charge in [0.2, 0.25) is 0 Å². The van der Waals surface area contributed by atoms with Gasteiger partial charge in [0.15, 0.2) is 11.6 Å². The van der Waals surface area contributed by atoms with Crippen LogP contribution in [0.25, 0.3) is 0 Å². The van der Waals surface area contributed by atoms with E-state index in [-0.39, 0.29) is 17.2 Å². The van der Waals surface area contributed by atoms with Crippen molar-refractivity contribution in [1.29, 1.82) is 0 Å². The number of fused-ring (bicyclic) bond motifs is 2. The molecule has 6 nitrogen and oxygen atoms in total. The third-order valence-electron chi connectivity index (χ3n) is 6.92. The highest BCUT2D eigenvalue weighted by Crippen LogP contribution is 2.29. The Hall–Kier alpha value is -2.67. The van der Waals surface area contributed by atoms with Gasteiger partial charge in [0.1, 0.15) is 5.82 Å². The van der Waals surface area contributed by atoms with Crippen LogP contribution in [0.3, 0.4) is 0 Å². The minimum atomic E-state index is -0.197. The molecule has 4 heterocycles. The van der Waals surface area contributed by atoms with Crippen molar-refractivity contribution in [2.24, 2.45) is 10.9 Å². The molecule has 3 aliphatic rings. The molecule has 3 aliphatic heterocycles. The van der Waals surface area contributed by atoms with Crippen LogP contribution >= 0.6 is 0 Å². The Bertz CT molecular complexity index is 1130. The third kappa shape index (κ3) is 3.76. The van der Waals surface area contributed by atoms with Crippen molar-refractivity contribution in [1.82, 2.24) is 14.5 Å². The van der Waals surface area contributed by atoms with E-state index in [9.17, 15) is 14.0 Å². The number of carbonyl (C=O) groups excluding carboxylic acids is 1. The van der Waals surface area contributed by atoms with Crippen molar-refractivity contribution in [2.75, 3.05) is 19.6 Å². The van der Waals surface area contributed by atoms with Crippen LogP contribution in [0.4, 0.5) is 4.39 Å². The van der Waals surface area contributed by atoms with Crippen LogP contribution in [0.15, 0.2) is 28.0 Å². The number of aryl methyl sites for hydroxylation is 1. The van der Waals surface area contributed by atoms with Gasteiger partial charge < -0.3 is 4.90 Å². The number of likely N-dealkylation sites (tertiary alicyclic amines) is 1. The summed E-state index contributed by atoms with van der Waals surface area (Å²) < 4.78 is 15.0. The first-order chi connectivity index (χ1) is 15.0. The monoisotopic (exact) mass is 422 g/mol. The van der Waals surface area contributed by atoms with Gasteiger partial charge in [-0.15, -0.1) is 0 Å². The van der Waals surface area contributed by atoms with Gasteiger partial charge in [-0.1, -0.05) is 0 Å². The van der Waals surface area contributed by atoms with Crippen molar-refractivity contribution >= 4 is 11.5 Å². The number of ketones is 1. The van der Waals surface area contributed by atoms with Gasteiger partial charge in [0, 0.05) is 48.0 Å². The lowest BCUT2D eigenvalue weighted by Crippen LogP contribution is -2.39. The Morgan fingerprint density at radius 2 is 1.97 bits per heavy atom. The molecule has 1 aromatic heterocycles. The van der Waals surface area contributed by atoms with E-state index < -0.39 is 0 Å². The first kappa shape index (κ1) is 20.2. The molecule has 0 amide bonds. The fourth-order valence-corrected chi connectivity index (χ4v) is 5.17. The van der Waals surface area contributed by atoms with E-state index in [4.69, 9.17) is 4.99 Å². The van der Waals surface area contributed by atoms with Crippen molar-refractivity contribution in [3.05, 3.63) is 62.6 Å². The molecule has 1 saturated heterocycles. The highest BCUT2D eigenvalue weighted by atomic mass is 19.1. The molecule has 1 aromatic carbocycles. The minimum Gasteiger partial charge on any atom is -0.303 e. The number of carbonyl (C=O) groups is 1. The summed E-state index contributed by atoms with van der Waals surface area (Å²) in [5.74, 6) is 0.513. The van der Waals surface area contributed by atoms with Gasteiger partial charge in [-0.3, -0.25) is 19.1 Å². The van der Waals surface area contributed by atoms with Gasteiger partial charge >= 0.3 is 0 Å². The highest BCUT2D eigenvalue weighted by molar-refractivity contribution is 6.05. The number of benzene rings is 1. The average molecular weight is 423 g/mol. The fraction of sp³-hybridized carbons (Fsp3) is 0.500. The first-order valence-corrected chi connectivity index (χ1v) is 11.2. The average Bonchev–Trinajstić information content (AvgIpc) is 3.18. The number of nitrogens with zero attached hydrogens (tertiary/aromatic N) is 4. The Balaban J connectivity index is 1.22. The lowest BCUT2D eigenvalue weighted by molar-refractivity contribution is 0.0945. The van der Waals surface area contributed by atoms with E-state index in [1.807, 2.05) is 13.0 Å². The lowest BCUT2D eigenvalue weighted by atomic mass is 9.87. The van der Waals surface area contributed by atoms with Gasteiger partial charge in [-0.25, -0.2) is 9.37 Å². The minimum absolute atomic E-state index is 0.0285. The fourth-order valence-electron chi connectivity index (χ4n) is 5.17. The predicted octanol–water partition coefficient (Wildman–Crippen LogP) is 2.92. The van der Waals surface area contributed by atoms with Gasteiger partial charge in [-0.2, -0.15) is 0 Å².